The second kappa shape index (κ2) is 6.70. The fourth-order valence-electron chi connectivity index (χ4n) is 2.67. The Morgan fingerprint density at radius 2 is 2.04 bits per heavy atom. The molecule has 124 valence electrons. The van der Waals surface area contributed by atoms with Crippen molar-refractivity contribution in [3.05, 3.63) is 70.8 Å². The zero-order chi connectivity index (χ0) is 17.1. The van der Waals surface area contributed by atoms with Gasteiger partial charge in [-0.05, 0) is 43.7 Å². The van der Waals surface area contributed by atoms with Crippen LogP contribution in [0, 0.1) is 13.8 Å². The van der Waals surface area contributed by atoms with Crippen LogP contribution in [0.15, 0.2) is 42.6 Å². The van der Waals surface area contributed by atoms with Crippen LogP contribution >= 0.6 is 0 Å². The summed E-state index contributed by atoms with van der Waals surface area (Å²) in [4.78, 5) is 12.4. The smallest absolute Gasteiger partial charge is 0.251 e. The van der Waals surface area contributed by atoms with Gasteiger partial charge in [-0.1, -0.05) is 12.1 Å². The van der Waals surface area contributed by atoms with Gasteiger partial charge >= 0.3 is 0 Å². The van der Waals surface area contributed by atoms with Gasteiger partial charge in [-0.3, -0.25) is 14.2 Å². The van der Waals surface area contributed by atoms with E-state index in [9.17, 15) is 4.79 Å². The van der Waals surface area contributed by atoms with Gasteiger partial charge in [0.05, 0.1) is 24.5 Å². The number of hydrogen-bond acceptors (Lipinski definition) is 3. The van der Waals surface area contributed by atoms with Crippen molar-refractivity contribution in [3.63, 3.8) is 0 Å². The first-order chi connectivity index (χ1) is 11.5. The molecule has 0 aliphatic rings. The molecule has 0 aliphatic carbocycles. The molecule has 0 spiro atoms. The third-order valence-electron chi connectivity index (χ3n) is 3.98. The summed E-state index contributed by atoms with van der Waals surface area (Å²) in [5.74, 6) is -0.0913. The average Bonchev–Trinajstić information content (AvgIpc) is 3.10. The molecule has 0 saturated heterocycles. The molecule has 6 heteroatoms. The molecular formula is C18H21N5O. The highest BCUT2D eigenvalue weighted by molar-refractivity contribution is 5.94. The maximum absolute atomic E-state index is 12.4. The molecule has 0 bridgehead atoms. The zero-order valence-corrected chi connectivity index (χ0v) is 14.2. The van der Waals surface area contributed by atoms with Crippen LogP contribution in [0.4, 0.5) is 0 Å². The lowest BCUT2D eigenvalue weighted by atomic mass is 10.1. The molecule has 0 radical (unpaired) electrons. The molecule has 1 aromatic carbocycles. The van der Waals surface area contributed by atoms with Crippen molar-refractivity contribution in [2.75, 3.05) is 0 Å². The Hall–Kier alpha value is -2.89. The van der Waals surface area contributed by atoms with Gasteiger partial charge in [0, 0.05) is 24.5 Å². The molecule has 0 atom stereocenters. The van der Waals surface area contributed by atoms with Crippen LogP contribution in [-0.4, -0.2) is 25.5 Å². The largest absolute Gasteiger partial charge is 0.346 e. The second-order valence-electron chi connectivity index (χ2n) is 5.91. The number of carbonyl (C=O) groups excluding carboxylic acids is 1. The van der Waals surface area contributed by atoms with E-state index in [1.807, 2.05) is 62.0 Å². The summed E-state index contributed by atoms with van der Waals surface area (Å²) >= 11 is 0. The molecule has 1 N–H and O–H groups in total. The van der Waals surface area contributed by atoms with Crippen LogP contribution < -0.4 is 5.32 Å². The van der Waals surface area contributed by atoms with Gasteiger partial charge in [0.25, 0.3) is 5.91 Å². The molecule has 0 aliphatic heterocycles. The van der Waals surface area contributed by atoms with Gasteiger partial charge in [0.15, 0.2) is 0 Å². The van der Waals surface area contributed by atoms with E-state index < -0.39 is 0 Å². The highest BCUT2D eigenvalue weighted by atomic mass is 16.1. The summed E-state index contributed by atoms with van der Waals surface area (Å²) < 4.78 is 3.70. The lowest BCUT2D eigenvalue weighted by Crippen LogP contribution is -2.24. The van der Waals surface area contributed by atoms with Gasteiger partial charge < -0.3 is 5.32 Å². The van der Waals surface area contributed by atoms with E-state index in [-0.39, 0.29) is 5.91 Å². The van der Waals surface area contributed by atoms with Crippen LogP contribution in [0.25, 0.3) is 0 Å². The van der Waals surface area contributed by atoms with Crippen molar-refractivity contribution in [1.29, 1.82) is 0 Å². The number of nitrogens with one attached hydrogen (secondary N) is 1. The zero-order valence-electron chi connectivity index (χ0n) is 14.2. The van der Waals surface area contributed by atoms with E-state index in [1.54, 1.807) is 10.9 Å². The fourth-order valence-corrected chi connectivity index (χ4v) is 2.67. The third kappa shape index (κ3) is 3.53. The van der Waals surface area contributed by atoms with Crippen molar-refractivity contribution >= 4 is 5.91 Å². The fraction of sp³-hybridized carbons (Fsp3) is 0.278. The van der Waals surface area contributed by atoms with Crippen LogP contribution in [-0.2, 0) is 20.1 Å². The summed E-state index contributed by atoms with van der Waals surface area (Å²) in [7, 11) is 1.86. The second-order valence-corrected chi connectivity index (χ2v) is 5.91. The first-order valence-electron chi connectivity index (χ1n) is 7.88. The van der Waals surface area contributed by atoms with E-state index in [0.29, 0.717) is 18.7 Å². The van der Waals surface area contributed by atoms with Crippen LogP contribution in [0.2, 0.25) is 0 Å². The lowest BCUT2D eigenvalue weighted by Gasteiger charge is -2.08. The number of amides is 1. The number of nitrogens with zero attached hydrogens (tertiary/aromatic N) is 4. The molecule has 0 fully saturated rings. The molecule has 0 unspecified atom stereocenters. The molecule has 3 aromatic rings. The van der Waals surface area contributed by atoms with Crippen molar-refractivity contribution in [2.24, 2.45) is 7.05 Å². The monoisotopic (exact) mass is 323 g/mol. The summed E-state index contributed by atoms with van der Waals surface area (Å²) in [6.07, 6.45) is 1.72. The molecule has 1 amide bonds. The third-order valence-corrected chi connectivity index (χ3v) is 3.98. The van der Waals surface area contributed by atoms with Crippen LogP contribution in [0.3, 0.4) is 0 Å². The number of aryl methyl sites for hydroxylation is 3. The highest BCUT2D eigenvalue weighted by Crippen LogP contribution is 2.10. The van der Waals surface area contributed by atoms with E-state index >= 15 is 0 Å². The Bertz CT molecular complexity index is 862. The Kier molecular flexibility index (Phi) is 4.46. The normalized spacial score (nSPS) is 10.8. The minimum absolute atomic E-state index is 0.0913. The molecule has 3 rings (SSSR count). The predicted molar refractivity (Wildman–Crippen MR) is 91.6 cm³/mol. The maximum Gasteiger partial charge on any atom is 0.251 e. The maximum atomic E-state index is 12.4. The van der Waals surface area contributed by atoms with Crippen molar-refractivity contribution in [1.82, 2.24) is 24.9 Å². The topological polar surface area (TPSA) is 64.7 Å². The number of aromatic nitrogens is 4. The summed E-state index contributed by atoms with van der Waals surface area (Å²) in [5, 5.41) is 11.5. The van der Waals surface area contributed by atoms with E-state index in [1.165, 1.54) is 0 Å². The summed E-state index contributed by atoms with van der Waals surface area (Å²) in [6.45, 7) is 5.12. The van der Waals surface area contributed by atoms with Crippen LogP contribution in [0.5, 0.6) is 0 Å². The van der Waals surface area contributed by atoms with Crippen molar-refractivity contribution in [2.45, 2.75) is 26.9 Å². The first-order valence-corrected chi connectivity index (χ1v) is 7.88. The highest BCUT2D eigenvalue weighted by Gasteiger charge is 2.08. The number of rotatable bonds is 5. The van der Waals surface area contributed by atoms with Gasteiger partial charge in [-0.25, -0.2) is 0 Å². The Labute approximate surface area is 141 Å². The molecule has 6 nitrogen and oxygen atoms in total. The first kappa shape index (κ1) is 16.0. The quantitative estimate of drug-likeness (QED) is 0.783. The standard InChI is InChI=1S/C18H21N5O/c1-13-9-14(2)23(21-13)12-15-5-4-6-16(10-15)18(24)19-11-17-7-8-20-22(17)3/h4-10H,11-12H2,1-3H3,(H,19,24). The number of benzene rings is 1. The van der Waals surface area contributed by atoms with E-state index in [2.05, 4.69) is 15.5 Å². The van der Waals surface area contributed by atoms with Crippen molar-refractivity contribution in [3.8, 4) is 0 Å². The van der Waals surface area contributed by atoms with Gasteiger partial charge in [-0.2, -0.15) is 10.2 Å². The minimum Gasteiger partial charge on any atom is -0.346 e. The predicted octanol–water partition coefficient (Wildman–Crippen LogP) is 2.21. The Balaban J connectivity index is 1.69. The van der Waals surface area contributed by atoms with Crippen molar-refractivity contribution < 1.29 is 4.79 Å². The average molecular weight is 323 g/mol. The van der Waals surface area contributed by atoms with Gasteiger partial charge in [-0.15, -0.1) is 0 Å². The molecule has 2 heterocycles. The summed E-state index contributed by atoms with van der Waals surface area (Å²) in [5.41, 5.74) is 4.77. The molecule has 24 heavy (non-hydrogen) atoms. The molecule has 0 saturated carbocycles. The Morgan fingerprint density at radius 1 is 1.21 bits per heavy atom. The molecule has 2 aromatic heterocycles. The van der Waals surface area contributed by atoms with Gasteiger partial charge in [0.1, 0.15) is 0 Å². The molecular weight excluding hydrogens is 302 g/mol. The summed E-state index contributed by atoms with van der Waals surface area (Å²) in [6, 6.07) is 11.6. The lowest BCUT2D eigenvalue weighted by molar-refractivity contribution is 0.0950. The minimum atomic E-state index is -0.0913. The number of carbonyl (C=O) groups is 1. The number of hydrogen-bond donors (Lipinski definition) is 1. The Morgan fingerprint density at radius 3 is 2.71 bits per heavy atom. The van der Waals surface area contributed by atoms with E-state index in [4.69, 9.17) is 0 Å². The van der Waals surface area contributed by atoms with Crippen LogP contribution in [0.1, 0.15) is 33.0 Å². The SMILES string of the molecule is Cc1cc(C)n(Cc2cccc(C(=O)NCc3ccnn3C)c2)n1. The van der Waals surface area contributed by atoms with E-state index in [0.717, 1.165) is 22.6 Å². The van der Waals surface area contributed by atoms with Gasteiger partial charge in [0.2, 0.25) is 0 Å².